The molecule has 4 heterocycles. The maximum absolute atomic E-state index is 11.1. The number of rotatable bonds is 7. The van der Waals surface area contributed by atoms with E-state index in [9.17, 15) is 5.11 Å². The van der Waals surface area contributed by atoms with E-state index >= 15 is 0 Å². The van der Waals surface area contributed by atoms with Crippen molar-refractivity contribution in [2.24, 2.45) is 0 Å². The summed E-state index contributed by atoms with van der Waals surface area (Å²) in [5.41, 5.74) is 8.99. The zero-order chi connectivity index (χ0) is 26.1. The number of hydrogen-bond acceptors (Lipinski definition) is 4. The van der Waals surface area contributed by atoms with Crippen molar-refractivity contribution in [2.45, 2.75) is 45.8 Å². The van der Waals surface area contributed by atoms with Crippen LogP contribution < -0.4 is 4.90 Å². The molecule has 38 heavy (non-hydrogen) atoms. The van der Waals surface area contributed by atoms with Gasteiger partial charge in [0, 0.05) is 56.5 Å². The lowest BCUT2D eigenvalue weighted by atomic mass is 9.95. The van der Waals surface area contributed by atoms with Gasteiger partial charge < -0.3 is 14.6 Å². The Hall–Kier alpha value is -3.41. The van der Waals surface area contributed by atoms with Crippen molar-refractivity contribution in [3.05, 3.63) is 100 Å². The number of aryl methyl sites for hydroxylation is 3. The monoisotopic (exact) mass is 506 g/mol. The van der Waals surface area contributed by atoms with Crippen molar-refractivity contribution in [1.29, 1.82) is 0 Å². The van der Waals surface area contributed by atoms with Gasteiger partial charge in [-0.3, -0.25) is 4.90 Å². The fraction of sp³-hybridized carbons (Fsp3) is 0.364. The molecule has 1 unspecified atom stereocenters. The van der Waals surface area contributed by atoms with Gasteiger partial charge in [0.15, 0.2) is 0 Å². The second-order valence-corrected chi connectivity index (χ2v) is 10.9. The normalized spacial score (nSPS) is 17.0. The first-order chi connectivity index (χ1) is 18.6. The molecule has 4 aromatic rings. The number of nitrogens with zero attached hydrogens (tertiary/aromatic N) is 4. The highest BCUT2D eigenvalue weighted by Gasteiger charge is 2.23. The molecule has 0 amide bonds. The first-order valence-electron chi connectivity index (χ1n) is 14.0. The molecule has 2 aliphatic heterocycles. The lowest BCUT2D eigenvalue weighted by Crippen LogP contribution is -2.47. The zero-order valence-electron chi connectivity index (χ0n) is 22.6. The summed E-state index contributed by atoms with van der Waals surface area (Å²) < 4.78 is 2.53. The van der Waals surface area contributed by atoms with E-state index < -0.39 is 6.10 Å². The van der Waals surface area contributed by atoms with E-state index in [1.54, 1.807) is 0 Å². The third kappa shape index (κ3) is 5.01. The topological polar surface area (TPSA) is 44.5 Å². The average Bonchev–Trinajstić information content (AvgIpc) is 3.23. The van der Waals surface area contributed by atoms with Crippen LogP contribution in [-0.4, -0.2) is 52.3 Å². The SMILES string of the molecule is Cc1ccnc(N2CCN(CCc3c(C)n4c5c(cc(C(O)/C=C/c6ccccc6)cc35)CCC4)CC2)c1. The third-order valence-electron chi connectivity index (χ3n) is 8.36. The van der Waals surface area contributed by atoms with Crippen molar-refractivity contribution in [2.75, 3.05) is 37.6 Å². The van der Waals surface area contributed by atoms with Crippen molar-refractivity contribution in [1.82, 2.24) is 14.5 Å². The number of aliphatic hydroxyl groups excluding tert-OH is 1. The Kier molecular flexibility index (Phi) is 7.05. The molecule has 0 aliphatic carbocycles. The predicted octanol–water partition coefficient (Wildman–Crippen LogP) is 5.71. The van der Waals surface area contributed by atoms with E-state index in [1.165, 1.54) is 33.3 Å². The van der Waals surface area contributed by atoms with Gasteiger partial charge in [-0.05, 0) is 79.1 Å². The van der Waals surface area contributed by atoms with Crippen molar-refractivity contribution in [3.63, 3.8) is 0 Å². The summed E-state index contributed by atoms with van der Waals surface area (Å²) in [6.45, 7) is 10.7. The molecule has 1 N–H and O–H groups in total. The Morgan fingerprint density at radius 2 is 1.79 bits per heavy atom. The smallest absolute Gasteiger partial charge is 0.128 e. The van der Waals surface area contributed by atoms with Crippen LogP contribution in [-0.2, 0) is 19.4 Å². The van der Waals surface area contributed by atoms with Crippen LogP contribution in [0.3, 0.4) is 0 Å². The van der Waals surface area contributed by atoms with Gasteiger partial charge in [-0.25, -0.2) is 4.98 Å². The number of aromatic nitrogens is 2. The number of piperazine rings is 1. The molecule has 196 valence electrons. The van der Waals surface area contributed by atoms with E-state index in [-0.39, 0.29) is 0 Å². The van der Waals surface area contributed by atoms with Gasteiger partial charge in [0.1, 0.15) is 5.82 Å². The van der Waals surface area contributed by atoms with E-state index in [0.717, 1.165) is 75.5 Å². The Balaban J connectivity index is 1.20. The van der Waals surface area contributed by atoms with Gasteiger partial charge in [-0.1, -0.05) is 48.6 Å². The van der Waals surface area contributed by atoms with Gasteiger partial charge in [0.25, 0.3) is 0 Å². The standard InChI is InChI=1S/C33H38N4O/c1-24-12-14-34-32(21-24)36-19-17-35(18-20-36)16-13-29-25(2)37-15-6-9-27-22-28(23-30(29)33(27)37)31(38)11-10-26-7-4-3-5-8-26/h3-5,7-8,10-12,14,21-23,31,38H,6,9,13,15-20H2,1-2H3/b11-10+. The zero-order valence-corrected chi connectivity index (χ0v) is 22.6. The van der Waals surface area contributed by atoms with Gasteiger partial charge in [0.2, 0.25) is 0 Å². The molecule has 6 rings (SSSR count). The van der Waals surface area contributed by atoms with Crippen LogP contribution in [0.2, 0.25) is 0 Å². The van der Waals surface area contributed by atoms with Crippen LogP contribution in [0.4, 0.5) is 5.82 Å². The first kappa shape index (κ1) is 24.9. The van der Waals surface area contributed by atoms with Gasteiger partial charge in [0.05, 0.1) is 11.6 Å². The fourth-order valence-electron chi connectivity index (χ4n) is 6.22. The van der Waals surface area contributed by atoms with Crippen molar-refractivity contribution >= 4 is 22.8 Å². The highest BCUT2D eigenvalue weighted by Crippen LogP contribution is 2.36. The van der Waals surface area contributed by atoms with E-state index in [1.807, 2.05) is 36.5 Å². The molecule has 5 nitrogen and oxygen atoms in total. The van der Waals surface area contributed by atoms with Gasteiger partial charge >= 0.3 is 0 Å². The maximum Gasteiger partial charge on any atom is 0.128 e. The van der Waals surface area contributed by atoms with Crippen LogP contribution in [0.15, 0.2) is 66.9 Å². The fourth-order valence-corrected chi connectivity index (χ4v) is 6.22. The Bertz CT molecular complexity index is 1450. The summed E-state index contributed by atoms with van der Waals surface area (Å²) in [7, 11) is 0. The van der Waals surface area contributed by atoms with E-state index in [2.05, 4.69) is 69.6 Å². The van der Waals surface area contributed by atoms with Crippen LogP contribution >= 0.6 is 0 Å². The van der Waals surface area contributed by atoms with Crippen LogP contribution in [0.5, 0.6) is 0 Å². The molecule has 1 saturated heterocycles. The van der Waals surface area contributed by atoms with Crippen molar-refractivity contribution < 1.29 is 5.11 Å². The largest absolute Gasteiger partial charge is 0.384 e. The van der Waals surface area contributed by atoms with E-state index in [4.69, 9.17) is 0 Å². The molecule has 2 aromatic carbocycles. The molecule has 2 aromatic heterocycles. The Labute approximate surface area is 226 Å². The maximum atomic E-state index is 11.1. The molecule has 0 saturated carbocycles. The van der Waals surface area contributed by atoms with Crippen LogP contribution in [0, 0.1) is 13.8 Å². The summed E-state index contributed by atoms with van der Waals surface area (Å²) in [4.78, 5) is 9.59. The second kappa shape index (κ2) is 10.8. The molecular weight excluding hydrogens is 468 g/mol. The lowest BCUT2D eigenvalue weighted by Gasteiger charge is -2.35. The number of pyridine rings is 1. The molecule has 0 radical (unpaired) electrons. The lowest BCUT2D eigenvalue weighted by molar-refractivity contribution is 0.229. The summed E-state index contributed by atoms with van der Waals surface area (Å²) in [5, 5.41) is 12.4. The summed E-state index contributed by atoms with van der Waals surface area (Å²) in [5.74, 6) is 1.10. The first-order valence-corrected chi connectivity index (χ1v) is 14.0. The third-order valence-corrected chi connectivity index (χ3v) is 8.36. The van der Waals surface area contributed by atoms with Gasteiger partial charge in [-0.2, -0.15) is 0 Å². The van der Waals surface area contributed by atoms with Crippen molar-refractivity contribution in [3.8, 4) is 0 Å². The number of hydrogen-bond donors (Lipinski definition) is 1. The molecular formula is C33H38N4O. The summed E-state index contributed by atoms with van der Waals surface area (Å²) in [6.07, 6.45) is 8.51. The van der Waals surface area contributed by atoms with Crippen LogP contribution in [0.25, 0.3) is 17.0 Å². The molecule has 1 atom stereocenters. The van der Waals surface area contributed by atoms with E-state index in [0.29, 0.717) is 0 Å². The quantitative estimate of drug-likeness (QED) is 0.349. The Morgan fingerprint density at radius 1 is 0.974 bits per heavy atom. The molecule has 1 fully saturated rings. The molecule has 2 aliphatic rings. The molecule has 0 spiro atoms. The number of benzene rings is 2. The minimum atomic E-state index is -0.613. The average molecular weight is 507 g/mol. The second-order valence-electron chi connectivity index (χ2n) is 10.9. The summed E-state index contributed by atoms with van der Waals surface area (Å²) in [6, 6.07) is 18.9. The number of aliphatic hydroxyl groups is 1. The highest BCUT2D eigenvalue weighted by atomic mass is 16.3. The number of anilines is 1. The molecule has 5 heteroatoms. The van der Waals surface area contributed by atoms with Gasteiger partial charge in [-0.15, -0.1) is 0 Å². The summed E-state index contributed by atoms with van der Waals surface area (Å²) >= 11 is 0. The Morgan fingerprint density at radius 3 is 2.58 bits per heavy atom. The predicted molar refractivity (Wildman–Crippen MR) is 157 cm³/mol. The minimum Gasteiger partial charge on any atom is -0.384 e. The van der Waals surface area contributed by atoms with Crippen LogP contribution in [0.1, 0.15) is 46.0 Å². The molecule has 0 bridgehead atoms. The highest BCUT2D eigenvalue weighted by molar-refractivity contribution is 5.89. The minimum absolute atomic E-state index is 0.613.